The Kier molecular flexibility index (Phi) is 7.66. The van der Waals surface area contributed by atoms with E-state index in [1.54, 1.807) is 18.2 Å². The molecule has 0 unspecified atom stereocenters. The van der Waals surface area contributed by atoms with Crippen LogP contribution in [0, 0.1) is 0 Å². The summed E-state index contributed by atoms with van der Waals surface area (Å²) in [7, 11) is 0. The second kappa shape index (κ2) is 10.7. The van der Waals surface area contributed by atoms with E-state index in [-0.39, 0.29) is 24.8 Å². The van der Waals surface area contributed by atoms with Crippen LogP contribution in [0.15, 0.2) is 47.4 Å². The Morgan fingerprint density at radius 3 is 2.69 bits per heavy atom. The summed E-state index contributed by atoms with van der Waals surface area (Å²) in [5.74, 6) is 0.617. The van der Waals surface area contributed by atoms with Crippen molar-refractivity contribution in [2.45, 2.75) is 31.9 Å². The average Bonchev–Trinajstić information content (AvgIpc) is 3.37. The largest absolute Gasteiger partial charge is 0.454 e. The maximum Gasteiger partial charge on any atom is 0.418 e. The van der Waals surface area contributed by atoms with Gasteiger partial charge in [-0.1, -0.05) is 48.6 Å². The Bertz CT molecular complexity index is 1180. The van der Waals surface area contributed by atoms with Crippen molar-refractivity contribution < 1.29 is 32.2 Å². The number of thiocarbonyl (C=S) groups is 1. The Balaban J connectivity index is 1.23. The van der Waals surface area contributed by atoms with Crippen LogP contribution >= 0.6 is 24.0 Å². The van der Waals surface area contributed by atoms with Crippen molar-refractivity contribution in [2.75, 3.05) is 18.7 Å². The van der Waals surface area contributed by atoms with Crippen LogP contribution < -0.4 is 14.8 Å². The normalized spacial score (nSPS) is 16.3. The van der Waals surface area contributed by atoms with Crippen LogP contribution in [0.1, 0.15) is 36.8 Å². The number of ether oxygens (including phenoxy) is 2. The fraction of sp³-hybridized carbons (Fsp3) is 0.292. The average molecular weight is 523 g/mol. The molecule has 0 radical (unpaired) electrons. The molecule has 2 aliphatic rings. The van der Waals surface area contributed by atoms with Crippen molar-refractivity contribution in [1.29, 1.82) is 0 Å². The molecule has 6 nitrogen and oxygen atoms in total. The molecule has 1 N–H and O–H groups in total. The van der Waals surface area contributed by atoms with E-state index in [1.807, 2.05) is 6.07 Å². The molecule has 2 aromatic carbocycles. The number of rotatable bonds is 8. The molecule has 0 saturated carbocycles. The number of nitrogens with zero attached hydrogens (tertiary/aromatic N) is 1. The number of halogens is 3. The summed E-state index contributed by atoms with van der Waals surface area (Å²) >= 11 is 6.58. The molecule has 2 aliphatic heterocycles. The number of carbonyl (C=O) groups excluding carboxylic acids is 2. The van der Waals surface area contributed by atoms with Gasteiger partial charge in [0.15, 0.2) is 11.5 Å². The fourth-order valence-electron chi connectivity index (χ4n) is 3.63. The molecule has 4 rings (SSSR count). The van der Waals surface area contributed by atoms with Crippen LogP contribution in [0.4, 0.5) is 18.9 Å². The molecule has 2 aromatic rings. The minimum atomic E-state index is -4.54. The summed E-state index contributed by atoms with van der Waals surface area (Å²) in [4.78, 5) is 26.9. The van der Waals surface area contributed by atoms with Gasteiger partial charge in [-0.05, 0) is 48.7 Å². The van der Waals surface area contributed by atoms with Crippen molar-refractivity contribution in [3.05, 3.63) is 58.5 Å². The number of amides is 2. The van der Waals surface area contributed by atoms with Gasteiger partial charge in [-0.25, -0.2) is 0 Å². The summed E-state index contributed by atoms with van der Waals surface area (Å²) in [6.45, 7) is 0.574. The second-order valence-electron chi connectivity index (χ2n) is 7.85. The van der Waals surface area contributed by atoms with Gasteiger partial charge in [-0.2, -0.15) is 13.2 Å². The van der Waals surface area contributed by atoms with E-state index in [9.17, 15) is 22.8 Å². The molecule has 1 saturated heterocycles. The molecule has 35 heavy (non-hydrogen) atoms. The SMILES string of the molecule is O=C(CCCCCN1C(=O)C(=Cc2ccc3c(c2)OCO3)SC1=S)Nc1ccccc1C(F)(F)F. The summed E-state index contributed by atoms with van der Waals surface area (Å²) in [5.41, 5.74) is -0.332. The molecule has 0 aromatic heterocycles. The molecule has 2 amide bonds. The fourth-order valence-corrected chi connectivity index (χ4v) is 4.94. The Morgan fingerprint density at radius 1 is 1.11 bits per heavy atom. The minimum absolute atomic E-state index is 0.0780. The highest BCUT2D eigenvalue weighted by Crippen LogP contribution is 2.37. The van der Waals surface area contributed by atoms with E-state index >= 15 is 0 Å². The van der Waals surface area contributed by atoms with Gasteiger partial charge in [0.2, 0.25) is 12.7 Å². The predicted octanol–water partition coefficient (Wildman–Crippen LogP) is 5.83. The third kappa shape index (κ3) is 6.15. The summed E-state index contributed by atoms with van der Waals surface area (Å²) in [6, 6.07) is 10.3. The van der Waals surface area contributed by atoms with Crippen LogP contribution in [0.3, 0.4) is 0 Å². The number of hydrogen-bond donors (Lipinski definition) is 1. The lowest BCUT2D eigenvalue weighted by molar-refractivity contribution is -0.137. The number of nitrogens with one attached hydrogen (secondary N) is 1. The van der Waals surface area contributed by atoms with Gasteiger partial charge in [-0.15, -0.1) is 0 Å². The summed E-state index contributed by atoms with van der Waals surface area (Å²) < 4.78 is 50.3. The maximum atomic E-state index is 13.1. The van der Waals surface area contributed by atoms with Crippen LogP contribution in [0.25, 0.3) is 6.08 Å². The van der Waals surface area contributed by atoms with Crippen molar-refractivity contribution in [2.24, 2.45) is 0 Å². The number of hydrogen-bond acceptors (Lipinski definition) is 6. The van der Waals surface area contributed by atoms with Gasteiger partial charge >= 0.3 is 6.18 Å². The third-order valence-corrected chi connectivity index (χ3v) is 6.74. The number of anilines is 1. The number of unbranched alkanes of at least 4 members (excludes halogenated alkanes) is 2. The molecule has 2 heterocycles. The van der Waals surface area contributed by atoms with Crippen LogP contribution in [-0.2, 0) is 15.8 Å². The molecule has 0 aliphatic carbocycles. The number of para-hydroxylation sites is 1. The van der Waals surface area contributed by atoms with Crippen LogP contribution in [0.2, 0.25) is 0 Å². The number of thioether (sulfide) groups is 1. The second-order valence-corrected chi connectivity index (χ2v) is 9.52. The molecule has 11 heteroatoms. The molecule has 0 spiro atoms. The highest BCUT2D eigenvalue weighted by molar-refractivity contribution is 8.26. The van der Waals surface area contributed by atoms with E-state index in [2.05, 4.69) is 5.32 Å². The first-order valence-corrected chi connectivity index (χ1v) is 12.1. The van der Waals surface area contributed by atoms with E-state index in [0.29, 0.717) is 46.5 Å². The zero-order valence-electron chi connectivity index (χ0n) is 18.4. The van der Waals surface area contributed by atoms with E-state index in [1.165, 1.54) is 34.9 Å². The smallest absolute Gasteiger partial charge is 0.418 e. The minimum Gasteiger partial charge on any atom is -0.454 e. The van der Waals surface area contributed by atoms with Crippen LogP contribution in [0.5, 0.6) is 11.5 Å². The zero-order valence-corrected chi connectivity index (χ0v) is 20.0. The number of alkyl halides is 3. The van der Waals surface area contributed by atoms with Crippen LogP contribution in [-0.4, -0.2) is 34.4 Å². The molecular weight excluding hydrogens is 501 g/mol. The van der Waals surface area contributed by atoms with E-state index in [4.69, 9.17) is 21.7 Å². The van der Waals surface area contributed by atoms with Gasteiger partial charge in [0.1, 0.15) is 4.32 Å². The monoisotopic (exact) mass is 522 g/mol. The van der Waals surface area contributed by atoms with Crippen molar-refractivity contribution in [1.82, 2.24) is 4.90 Å². The molecule has 0 atom stereocenters. The Hall–Kier alpha value is -3.05. The molecular formula is C24H21F3N2O4S2. The van der Waals surface area contributed by atoms with Crippen molar-refractivity contribution in [3.8, 4) is 11.5 Å². The quantitative estimate of drug-likeness (QED) is 0.267. The van der Waals surface area contributed by atoms with Gasteiger partial charge in [0.25, 0.3) is 5.91 Å². The number of benzene rings is 2. The van der Waals surface area contributed by atoms with Crippen molar-refractivity contribution >= 4 is 51.9 Å². The standard InChI is InChI=1S/C24H21F3N2O4S2/c25-24(26,27)16-6-3-4-7-17(16)28-21(30)8-2-1-5-11-29-22(31)20(35-23(29)34)13-15-9-10-18-19(12-15)33-14-32-18/h3-4,6-7,9-10,12-13H,1-2,5,8,11,14H2,(H,28,30). The van der Waals surface area contributed by atoms with Crippen molar-refractivity contribution in [3.63, 3.8) is 0 Å². The van der Waals surface area contributed by atoms with Gasteiger partial charge in [0, 0.05) is 13.0 Å². The van der Waals surface area contributed by atoms with Gasteiger partial charge in [0.05, 0.1) is 16.2 Å². The highest BCUT2D eigenvalue weighted by Gasteiger charge is 2.34. The maximum absolute atomic E-state index is 13.1. The number of fused-ring (bicyclic) bond motifs is 1. The summed E-state index contributed by atoms with van der Waals surface area (Å²) in [5, 5.41) is 2.34. The summed E-state index contributed by atoms with van der Waals surface area (Å²) in [6.07, 6.45) is -1.01. The molecule has 1 fully saturated rings. The molecule has 184 valence electrons. The van der Waals surface area contributed by atoms with E-state index in [0.717, 1.165) is 11.6 Å². The van der Waals surface area contributed by atoms with Gasteiger partial charge < -0.3 is 14.8 Å². The predicted molar refractivity (Wildman–Crippen MR) is 131 cm³/mol. The lowest BCUT2D eigenvalue weighted by Crippen LogP contribution is -2.29. The first kappa shape index (κ1) is 25.1. The topological polar surface area (TPSA) is 67.9 Å². The third-order valence-electron chi connectivity index (χ3n) is 5.36. The first-order chi connectivity index (χ1) is 16.7. The highest BCUT2D eigenvalue weighted by atomic mass is 32.2. The number of carbonyl (C=O) groups is 2. The molecule has 0 bridgehead atoms. The van der Waals surface area contributed by atoms with E-state index < -0.39 is 17.6 Å². The Labute approximate surface area is 209 Å². The first-order valence-electron chi connectivity index (χ1n) is 10.8. The Morgan fingerprint density at radius 2 is 1.89 bits per heavy atom. The lowest BCUT2D eigenvalue weighted by Gasteiger charge is -2.14. The van der Waals surface area contributed by atoms with Gasteiger partial charge in [-0.3, -0.25) is 14.5 Å². The zero-order chi connectivity index (χ0) is 25.0. The lowest BCUT2D eigenvalue weighted by atomic mass is 10.1.